The van der Waals surface area contributed by atoms with Crippen LogP contribution in [0.15, 0.2) is 47.4 Å². The van der Waals surface area contributed by atoms with Gasteiger partial charge in [-0.25, -0.2) is 12.7 Å². The van der Waals surface area contributed by atoms with Crippen molar-refractivity contribution in [3.63, 3.8) is 0 Å². The van der Waals surface area contributed by atoms with Crippen LogP contribution in [-0.2, 0) is 16.6 Å². The summed E-state index contributed by atoms with van der Waals surface area (Å²) < 4.78 is 33.1. The number of sulfonamides is 1. The fourth-order valence-electron chi connectivity index (χ4n) is 4.30. The van der Waals surface area contributed by atoms with Crippen molar-refractivity contribution in [2.45, 2.75) is 43.2 Å². The van der Waals surface area contributed by atoms with Crippen LogP contribution in [0.25, 0.3) is 0 Å². The highest BCUT2D eigenvalue weighted by Crippen LogP contribution is 2.37. The third-order valence-electron chi connectivity index (χ3n) is 6.16. The molecule has 2 aromatic carbocycles. The lowest BCUT2D eigenvalue weighted by molar-refractivity contribution is 0.0575. The van der Waals surface area contributed by atoms with Crippen LogP contribution in [0, 0.1) is 5.92 Å². The largest absolute Gasteiger partial charge is 0.489 e. The van der Waals surface area contributed by atoms with E-state index in [0.29, 0.717) is 16.6 Å². The normalized spacial score (nSPS) is 21.9. The number of likely N-dealkylation sites (tertiary alicyclic amines) is 1. The summed E-state index contributed by atoms with van der Waals surface area (Å²) in [7, 11) is -1.90. The Morgan fingerprint density at radius 3 is 2.42 bits per heavy atom. The molecular weight excluding hydrogens is 455 g/mol. The van der Waals surface area contributed by atoms with Gasteiger partial charge in [0.05, 0.1) is 16.0 Å². The highest BCUT2D eigenvalue weighted by molar-refractivity contribution is 7.89. The third-order valence-corrected chi connectivity index (χ3v) is 8.68. The van der Waals surface area contributed by atoms with Gasteiger partial charge in [-0.15, -0.1) is 0 Å². The molecule has 0 amide bonds. The van der Waals surface area contributed by atoms with Crippen LogP contribution in [0.5, 0.6) is 5.75 Å². The Kier molecular flexibility index (Phi) is 7.14. The number of nitrogens with zero attached hydrogens (tertiary/aromatic N) is 2. The molecule has 1 aliphatic carbocycles. The second kappa shape index (κ2) is 9.67. The fraction of sp³-hybridized carbons (Fsp3) is 0.478. The van der Waals surface area contributed by atoms with Gasteiger partial charge in [-0.1, -0.05) is 35.3 Å². The van der Waals surface area contributed by atoms with Gasteiger partial charge in [0.1, 0.15) is 5.75 Å². The van der Waals surface area contributed by atoms with Crippen LogP contribution in [0.4, 0.5) is 0 Å². The van der Waals surface area contributed by atoms with Crippen LogP contribution in [0.3, 0.4) is 0 Å². The molecular formula is C23H28Cl2N2O3S. The summed E-state index contributed by atoms with van der Waals surface area (Å²) >= 11 is 12.5. The summed E-state index contributed by atoms with van der Waals surface area (Å²) in [5, 5.41) is 1.21. The van der Waals surface area contributed by atoms with Crippen molar-refractivity contribution in [2.24, 2.45) is 5.92 Å². The summed E-state index contributed by atoms with van der Waals surface area (Å²) in [6, 6.07) is 12.2. The minimum absolute atomic E-state index is 0.0659. The minimum Gasteiger partial charge on any atom is -0.489 e. The van der Waals surface area contributed by atoms with Gasteiger partial charge in [0, 0.05) is 25.2 Å². The maximum absolute atomic E-state index is 12.7. The Bertz CT molecular complexity index is 1000. The molecule has 1 heterocycles. The van der Waals surface area contributed by atoms with E-state index in [1.807, 2.05) is 12.1 Å². The van der Waals surface area contributed by atoms with E-state index in [0.717, 1.165) is 43.8 Å². The molecule has 31 heavy (non-hydrogen) atoms. The number of halogens is 2. The van der Waals surface area contributed by atoms with Gasteiger partial charge >= 0.3 is 0 Å². The van der Waals surface area contributed by atoms with Crippen molar-refractivity contribution in [2.75, 3.05) is 26.7 Å². The number of hydrogen-bond acceptors (Lipinski definition) is 4. The van der Waals surface area contributed by atoms with Crippen LogP contribution < -0.4 is 4.74 Å². The summed E-state index contributed by atoms with van der Waals surface area (Å²) in [6.07, 6.45) is 4.19. The lowest BCUT2D eigenvalue weighted by Crippen LogP contribution is -2.41. The smallest absolute Gasteiger partial charge is 0.242 e. The zero-order valence-electron chi connectivity index (χ0n) is 17.6. The Morgan fingerprint density at radius 1 is 1.06 bits per heavy atom. The summed E-state index contributed by atoms with van der Waals surface area (Å²) in [5.74, 6) is 0.993. The Hall–Kier alpha value is -1.31. The fourth-order valence-corrected chi connectivity index (χ4v) is 5.90. The second-order valence-corrected chi connectivity index (χ2v) is 11.4. The highest BCUT2D eigenvalue weighted by atomic mass is 35.5. The van der Waals surface area contributed by atoms with Gasteiger partial charge in [-0.05, 0) is 80.6 Å². The molecule has 0 N–H and O–H groups in total. The molecule has 0 bridgehead atoms. The van der Waals surface area contributed by atoms with E-state index in [4.69, 9.17) is 27.9 Å². The molecule has 1 saturated carbocycles. The van der Waals surface area contributed by atoms with Gasteiger partial charge in [0.2, 0.25) is 10.0 Å². The molecule has 0 unspecified atom stereocenters. The molecule has 0 spiro atoms. The molecule has 1 aliphatic heterocycles. The molecule has 0 radical (unpaired) electrons. The zero-order valence-corrected chi connectivity index (χ0v) is 20.0. The van der Waals surface area contributed by atoms with Crippen LogP contribution in [-0.4, -0.2) is 50.4 Å². The Labute approximate surface area is 194 Å². The van der Waals surface area contributed by atoms with E-state index in [9.17, 15) is 8.42 Å². The first-order valence-electron chi connectivity index (χ1n) is 10.7. The van der Waals surface area contributed by atoms with E-state index < -0.39 is 10.0 Å². The molecule has 8 heteroatoms. The molecule has 2 fully saturated rings. The summed E-state index contributed by atoms with van der Waals surface area (Å²) in [4.78, 5) is 2.68. The van der Waals surface area contributed by atoms with E-state index >= 15 is 0 Å². The number of rotatable bonds is 8. The zero-order chi connectivity index (χ0) is 22.0. The number of hydrogen-bond donors (Lipinski definition) is 0. The Morgan fingerprint density at radius 2 is 1.74 bits per heavy atom. The molecule has 1 saturated heterocycles. The topological polar surface area (TPSA) is 49.9 Å². The standard InChI is InChI=1S/C23H28Cl2N2O3S/c1-26(31(28,29)21-9-7-19(24)8-10-21)15-17-13-20(14-17)30-22-6-4-5-18(23(22)25)16-27-11-2-3-12-27/h4-10,17,20H,2-3,11-16H2,1H3. The predicted octanol–water partition coefficient (Wildman–Crippen LogP) is 5.07. The lowest BCUT2D eigenvalue weighted by Gasteiger charge is -2.37. The Balaban J connectivity index is 1.30. The molecule has 168 valence electrons. The molecule has 0 aromatic heterocycles. The quantitative estimate of drug-likeness (QED) is 0.526. The van der Waals surface area contributed by atoms with Gasteiger partial charge in [0.15, 0.2) is 0 Å². The van der Waals surface area contributed by atoms with Crippen molar-refractivity contribution in [1.82, 2.24) is 9.21 Å². The van der Waals surface area contributed by atoms with Crippen molar-refractivity contribution in [1.29, 1.82) is 0 Å². The molecule has 5 nitrogen and oxygen atoms in total. The number of benzene rings is 2. The van der Waals surface area contributed by atoms with Crippen LogP contribution in [0.1, 0.15) is 31.2 Å². The van der Waals surface area contributed by atoms with Crippen molar-refractivity contribution >= 4 is 33.2 Å². The molecule has 4 rings (SSSR count). The average Bonchev–Trinajstić information content (AvgIpc) is 3.22. The van der Waals surface area contributed by atoms with Crippen LogP contribution >= 0.6 is 23.2 Å². The maximum Gasteiger partial charge on any atom is 0.242 e. The lowest BCUT2D eigenvalue weighted by atomic mass is 9.82. The molecule has 0 atom stereocenters. The first-order chi connectivity index (χ1) is 14.8. The maximum atomic E-state index is 12.7. The van der Waals surface area contributed by atoms with E-state index in [2.05, 4.69) is 11.0 Å². The SMILES string of the molecule is CN(CC1CC(Oc2cccc(CN3CCCC3)c2Cl)C1)S(=O)(=O)c1ccc(Cl)cc1. The monoisotopic (exact) mass is 482 g/mol. The molecule has 2 aromatic rings. The van der Waals surface area contributed by atoms with Crippen LogP contribution in [0.2, 0.25) is 10.0 Å². The van der Waals surface area contributed by atoms with Gasteiger partial charge in [-0.3, -0.25) is 4.90 Å². The minimum atomic E-state index is -3.52. The van der Waals surface area contributed by atoms with Crippen molar-refractivity contribution in [3.05, 3.63) is 58.1 Å². The van der Waals surface area contributed by atoms with E-state index in [-0.39, 0.29) is 16.9 Å². The summed E-state index contributed by atoms with van der Waals surface area (Å²) in [6.45, 7) is 3.57. The van der Waals surface area contributed by atoms with Crippen molar-refractivity contribution in [3.8, 4) is 5.75 Å². The van der Waals surface area contributed by atoms with Crippen molar-refractivity contribution < 1.29 is 13.2 Å². The second-order valence-electron chi connectivity index (χ2n) is 8.53. The van der Waals surface area contributed by atoms with Gasteiger partial charge in [0.25, 0.3) is 0 Å². The van der Waals surface area contributed by atoms with E-state index in [1.165, 1.54) is 29.3 Å². The average molecular weight is 483 g/mol. The summed E-state index contributed by atoms with van der Waals surface area (Å²) in [5.41, 5.74) is 1.10. The van der Waals surface area contributed by atoms with Gasteiger partial charge < -0.3 is 4.74 Å². The van der Waals surface area contributed by atoms with Gasteiger partial charge in [-0.2, -0.15) is 0 Å². The third kappa shape index (κ3) is 5.37. The molecule has 2 aliphatic rings. The first kappa shape index (κ1) is 22.9. The highest BCUT2D eigenvalue weighted by Gasteiger charge is 2.34. The predicted molar refractivity (Wildman–Crippen MR) is 124 cm³/mol. The van der Waals surface area contributed by atoms with E-state index in [1.54, 1.807) is 19.2 Å². The first-order valence-corrected chi connectivity index (χ1v) is 12.9. The number of ether oxygens (including phenoxy) is 1.